The van der Waals surface area contributed by atoms with Gasteiger partial charge in [-0.2, -0.15) is 0 Å². The van der Waals surface area contributed by atoms with E-state index in [4.69, 9.17) is 9.47 Å². The molecule has 226 valence electrons. The van der Waals surface area contributed by atoms with Crippen molar-refractivity contribution in [3.05, 3.63) is 65.7 Å². The van der Waals surface area contributed by atoms with Crippen LogP contribution in [0.5, 0.6) is 0 Å². The predicted molar refractivity (Wildman–Crippen MR) is 162 cm³/mol. The number of carbonyl (C=O) groups excluding carboxylic acids is 3. The van der Waals surface area contributed by atoms with E-state index >= 15 is 0 Å². The zero-order valence-electron chi connectivity index (χ0n) is 24.9. The molecule has 0 aliphatic carbocycles. The lowest BCUT2D eigenvalue weighted by molar-refractivity contribution is -0.157. The number of alkyl carbamates (subject to hydrolysis) is 1. The Kier molecular flexibility index (Phi) is 10.8. The summed E-state index contributed by atoms with van der Waals surface area (Å²) in [6.45, 7) is 8.39. The molecule has 1 atom stereocenters. The molecule has 2 aromatic rings. The van der Waals surface area contributed by atoms with Gasteiger partial charge in [0.15, 0.2) is 5.96 Å². The maximum atomic E-state index is 13.1. The fourth-order valence-electron chi connectivity index (χ4n) is 5.04. The lowest BCUT2D eigenvalue weighted by atomic mass is 9.89. The number of rotatable bonds is 9. The number of carbonyl (C=O) groups is 3. The molecule has 4 rings (SSSR count). The number of anilines is 1. The molecular formula is C32H43N5O5. The number of piperidine rings is 1. The molecule has 1 fully saturated rings. The molecule has 0 spiro atoms. The second kappa shape index (κ2) is 14.7. The largest absolute Gasteiger partial charge is 0.458 e. The molecule has 2 aromatic carbocycles. The molecule has 0 saturated carbocycles. The third kappa shape index (κ3) is 9.78. The number of ether oxygens (including phenoxy) is 2. The summed E-state index contributed by atoms with van der Waals surface area (Å²) in [5, 5.41) is 9.25. The Labute approximate surface area is 248 Å². The average Bonchev–Trinajstić information content (AvgIpc) is 2.98. The quantitative estimate of drug-likeness (QED) is 0.373. The first-order valence-corrected chi connectivity index (χ1v) is 14.8. The van der Waals surface area contributed by atoms with Gasteiger partial charge in [0.2, 0.25) is 5.91 Å². The second-order valence-corrected chi connectivity index (χ2v) is 11.7. The average molecular weight is 578 g/mol. The van der Waals surface area contributed by atoms with Crippen LogP contribution in [0.15, 0.2) is 59.6 Å². The molecule has 10 nitrogen and oxygen atoms in total. The number of guanidine groups is 1. The van der Waals surface area contributed by atoms with Crippen molar-refractivity contribution in [3.63, 3.8) is 0 Å². The highest BCUT2D eigenvalue weighted by Crippen LogP contribution is 2.30. The van der Waals surface area contributed by atoms with Crippen LogP contribution in [0, 0.1) is 0 Å². The van der Waals surface area contributed by atoms with Crippen molar-refractivity contribution in [2.45, 2.75) is 77.0 Å². The van der Waals surface area contributed by atoms with Gasteiger partial charge >= 0.3 is 12.1 Å². The molecule has 0 unspecified atom stereocenters. The first-order chi connectivity index (χ1) is 20.2. The highest BCUT2D eigenvalue weighted by molar-refractivity contribution is 5.94. The van der Waals surface area contributed by atoms with Gasteiger partial charge in [0, 0.05) is 38.3 Å². The summed E-state index contributed by atoms with van der Waals surface area (Å²) in [4.78, 5) is 44.8. The lowest BCUT2D eigenvalue weighted by Crippen LogP contribution is -2.45. The van der Waals surface area contributed by atoms with Crippen molar-refractivity contribution in [1.82, 2.24) is 15.5 Å². The summed E-state index contributed by atoms with van der Waals surface area (Å²) < 4.78 is 10.8. The Hall–Kier alpha value is -4.08. The van der Waals surface area contributed by atoms with E-state index in [-0.39, 0.29) is 25.4 Å². The van der Waals surface area contributed by atoms with Crippen LogP contribution >= 0.6 is 0 Å². The summed E-state index contributed by atoms with van der Waals surface area (Å²) in [5.74, 6) is 0.530. The van der Waals surface area contributed by atoms with E-state index < -0.39 is 23.7 Å². The normalized spacial score (nSPS) is 16.5. The fraction of sp³-hybridized carbons (Fsp3) is 0.500. The Bertz CT molecular complexity index is 1240. The Morgan fingerprint density at radius 3 is 2.52 bits per heavy atom. The molecule has 2 amide bonds. The molecule has 2 heterocycles. The summed E-state index contributed by atoms with van der Waals surface area (Å²) >= 11 is 0. The van der Waals surface area contributed by atoms with Gasteiger partial charge < -0.3 is 30.3 Å². The number of aliphatic imine (C=N–C) groups is 1. The number of esters is 1. The van der Waals surface area contributed by atoms with Crippen LogP contribution in [0.3, 0.4) is 0 Å². The monoisotopic (exact) mass is 577 g/mol. The first kappa shape index (κ1) is 30.9. The van der Waals surface area contributed by atoms with Crippen LogP contribution < -0.4 is 16.0 Å². The first-order valence-electron chi connectivity index (χ1n) is 14.8. The third-order valence-electron chi connectivity index (χ3n) is 7.21. The van der Waals surface area contributed by atoms with E-state index in [2.05, 4.69) is 33.1 Å². The highest BCUT2D eigenvalue weighted by atomic mass is 16.6. The van der Waals surface area contributed by atoms with E-state index in [1.807, 2.05) is 47.4 Å². The van der Waals surface area contributed by atoms with Crippen molar-refractivity contribution in [1.29, 1.82) is 0 Å². The zero-order chi connectivity index (χ0) is 30.0. The van der Waals surface area contributed by atoms with Gasteiger partial charge in [0.1, 0.15) is 18.2 Å². The van der Waals surface area contributed by atoms with Crippen molar-refractivity contribution in [2.24, 2.45) is 4.99 Å². The molecule has 3 N–H and O–H groups in total. The zero-order valence-corrected chi connectivity index (χ0v) is 24.9. The molecular weight excluding hydrogens is 534 g/mol. The number of likely N-dealkylation sites (tertiary alicyclic amines) is 1. The van der Waals surface area contributed by atoms with Crippen molar-refractivity contribution >= 4 is 29.6 Å². The number of amides is 2. The van der Waals surface area contributed by atoms with Crippen molar-refractivity contribution in [2.75, 3.05) is 31.5 Å². The van der Waals surface area contributed by atoms with Crippen LogP contribution in [0.2, 0.25) is 0 Å². The van der Waals surface area contributed by atoms with Crippen molar-refractivity contribution in [3.8, 4) is 0 Å². The predicted octanol–water partition coefficient (Wildman–Crippen LogP) is 4.57. The van der Waals surface area contributed by atoms with E-state index in [1.165, 1.54) is 5.56 Å². The second-order valence-electron chi connectivity index (χ2n) is 11.7. The van der Waals surface area contributed by atoms with Gasteiger partial charge in [0.05, 0.1) is 0 Å². The summed E-state index contributed by atoms with van der Waals surface area (Å²) in [7, 11) is 0. The van der Waals surface area contributed by atoms with Gasteiger partial charge in [0.25, 0.3) is 0 Å². The summed E-state index contributed by atoms with van der Waals surface area (Å²) in [6, 6.07) is 16.7. The number of hydrogen-bond donors (Lipinski definition) is 3. The number of nitrogens with one attached hydrogen (secondary N) is 3. The number of nitrogens with zero attached hydrogens (tertiary/aromatic N) is 2. The number of hydrogen-bond acceptors (Lipinski definition) is 8. The maximum Gasteiger partial charge on any atom is 0.408 e. The molecule has 10 heteroatoms. The minimum atomic E-state index is -0.993. The van der Waals surface area contributed by atoms with Crippen LogP contribution in [0.4, 0.5) is 10.5 Å². The third-order valence-corrected chi connectivity index (χ3v) is 7.21. The van der Waals surface area contributed by atoms with E-state index in [9.17, 15) is 14.4 Å². The van der Waals surface area contributed by atoms with Gasteiger partial charge in [-0.1, -0.05) is 42.5 Å². The van der Waals surface area contributed by atoms with Crippen LogP contribution in [-0.2, 0) is 25.7 Å². The van der Waals surface area contributed by atoms with E-state index in [0.29, 0.717) is 19.0 Å². The SMILES string of the molecule is CC(C)(C)OC(=O)[C@H](CCC(=O)N1CCC(c2cccc(NC3=NCCCN3)c2)CC1)NC(=O)OCc1ccccc1. The highest BCUT2D eigenvalue weighted by Gasteiger charge is 2.30. The molecule has 0 aromatic heterocycles. The minimum absolute atomic E-state index is 0.0433. The standard InChI is InChI=1S/C32H43N5O5/c1-32(2,3)42-29(39)27(36-31(40)41-22-23-9-5-4-6-10-23)13-14-28(38)37-19-15-24(16-20-37)25-11-7-12-26(21-25)35-30-33-17-8-18-34-30/h4-7,9-12,21,24,27H,8,13-20,22H2,1-3H3,(H,36,40)(H2,33,34,35)/t27-/m0/s1. The van der Waals surface area contributed by atoms with Gasteiger partial charge in [-0.05, 0) is 75.6 Å². The fourth-order valence-corrected chi connectivity index (χ4v) is 5.04. The van der Waals surface area contributed by atoms with Gasteiger partial charge in [-0.25, -0.2) is 9.59 Å². The minimum Gasteiger partial charge on any atom is -0.458 e. The molecule has 42 heavy (non-hydrogen) atoms. The molecule has 0 radical (unpaired) electrons. The van der Waals surface area contributed by atoms with E-state index in [1.54, 1.807) is 20.8 Å². The van der Waals surface area contributed by atoms with Gasteiger partial charge in [-0.3, -0.25) is 9.79 Å². The smallest absolute Gasteiger partial charge is 0.408 e. The van der Waals surface area contributed by atoms with Crippen LogP contribution in [0.25, 0.3) is 0 Å². The molecule has 0 bridgehead atoms. The molecule has 1 saturated heterocycles. The maximum absolute atomic E-state index is 13.1. The van der Waals surface area contributed by atoms with Crippen LogP contribution in [-0.4, -0.2) is 66.7 Å². The van der Waals surface area contributed by atoms with E-state index in [0.717, 1.165) is 49.6 Å². The van der Waals surface area contributed by atoms with Crippen molar-refractivity contribution < 1.29 is 23.9 Å². The molecule has 2 aliphatic heterocycles. The summed E-state index contributed by atoms with van der Waals surface area (Å²) in [5.41, 5.74) is 2.34. The summed E-state index contributed by atoms with van der Waals surface area (Å²) in [6.07, 6.45) is 2.26. The lowest BCUT2D eigenvalue weighted by Gasteiger charge is -2.33. The Balaban J connectivity index is 1.27. The van der Waals surface area contributed by atoms with Crippen LogP contribution in [0.1, 0.15) is 69.9 Å². The molecule has 2 aliphatic rings. The Morgan fingerprint density at radius 2 is 1.83 bits per heavy atom. The Morgan fingerprint density at radius 1 is 1.07 bits per heavy atom. The topological polar surface area (TPSA) is 121 Å². The number of benzene rings is 2. The van der Waals surface area contributed by atoms with Gasteiger partial charge in [-0.15, -0.1) is 0 Å².